The average molecular weight is 382 g/mol. The molecule has 3 aromatic rings. The van der Waals surface area contributed by atoms with Gasteiger partial charge in [0.1, 0.15) is 11.4 Å². The molecule has 1 saturated heterocycles. The number of aromatic amines is 1. The normalized spacial score (nSPS) is 19.1. The fourth-order valence-corrected chi connectivity index (χ4v) is 4.42. The van der Waals surface area contributed by atoms with Gasteiger partial charge in [0, 0.05) is 53.4 Å². The number of H-pyrrole nitrogens is 1. The van der Waals surface area contributed by atoms with Crippen LogP contribution in [0.15, 0.2) is 36.7 Å². The Hall–Kier alpha value is -2.53. The summed E-state index contributed by atoms with van der Waals surface area (Å²) in [5.41, 5.74) is 3.73. The number of piperidine rings is 1. The quantitative estimate of drug-likeness (QED) is 0.723. The van der Waals surface area contributed by atoms with Crippen molar-refractivity contribution in [3.8, 4) is 16.9 Å². The van der Waals surface area contributed by atoms with Gasteiger partial charge in [-0.2, -0.15) is 0 Å². The highest BCUT2D eigenvalue weighted by Gasteiger charge is 2.35. The van der Waals surface area contributed by atoms with Crippen LogP contribution in [0.4, 0.5) is 0 Å². The van der Waals surface area contributed by atoms with Crippen LogP contribution in [-0.2, 0) is 11.2 Å². The topological polar surface area (TPSA) is 58.2 Å². The molecule has 0 bridgehead atoms. The van der Waals surface area contributed by atoms with Crippen molar-refractivity contribution < 1.29 is 9.53 Å². The molecule has 5 rings (SSSR count). The smallest absolute Gasteiger partial charge is 0.263 e. The molecule has 1 N–H and O–H groups in total. The van der Waals surface area contributed by atoms with Crippen molar-refractivity contribution in [1.29, 1.82) is 0 Å². The highest BCUT2D eigenvalue weighted by Crippen LogP contribution is 2.43. The number of pyridine rings is 1. The number of aromatic nitrogens is 2. The molecule has 1 amide bonds. The lowest BCUT2D eigenvalue weighted by Gasteiger charge is -2.28. The first-order chi connectivity index (χ1) is 13.2. The summed E-state index contributed by atoms with van der Waals surface area (Å²) in [6.07, 6.45) is 7.10. The van der Waals surface area contributed by atoms with E-state index >= 15 is 0 Å². The molecule has 0 spiro atoms. The molecule has 27 heavy (non-hydrogen) atoms. The summed E-state index contributed by atoms with van der Waals surface area (Å²) in [6.45, 7) is 1.66. The van der Waals surface area contributed by atoms with E-state index in [-0.39, 0.29) is 5.91 Å². The summed E-state index contributed by atoms with van der Waals surface area (Å²) in [5.74, 6) is 0.859. The second kappa shape index (κ2) is 6.57. The van der Waals surface area contributed by atoms with Crippen LogP contribution in [0.25, 0.3) is 22.2 Å². The maximum Gasteiger partial charge on any atom is 0.263 e. The third-order valence-electron chi connectivity index (χ3n) is 5.49. The number of hydrogen-bond donors (Lipinski definition) is 1. The van der Waals surface area contributed by atoms with Crippen LogP contribution in [0.5, 0.6) is 5.75 Å². The third-order valence-corrected chi connectivity index (χ3v) is 5.71. The number of fused-ring (bicyclic) bond motifs is 2. The second-order valence-electron chi connectivity index (χ2n) is 7.24. The van der Waals surface area contributed by atoms with Gasteiger partial charge in [-0.25, -0.2) is 4.98 Å². The number of ether oxygens (including phenoxy) is 1. The van der Waals surface area contributed by atoms with Crippen LogP contribution in [-0.4, -0.2) is 40.0 Å². The van der Waals surface area contributed by atoms with Gasteiger partial charge in [-0.15, -0.1) is 0 Å². The van der Waals surface area contributed by atoms with Crippen molar-refractivity contribution in [2.75, 3.05) is 13.1 Å². The number of hydrogen-bond acceptors (Lipinski definition) is 3. The first-order valence-electron chi connectivity index (χ1n) is 9.41. The maximum absolute atomic E-state index is 12.9. The Balaban J connectivity index is 1.53. The molecule has 4 heterocycles. The molecule has 0 saturated carbocycles. The molecule has 0 radical (unpaired) electrons. The van der Waals surface area contributed by atoms with Crippen molar-refractivity contribution >= 4 is 28.5 Å². The van der Waals surface area contributed by atoms with Crippen molar-refractivity contribution in [1.82, 2.24) is 14.9 Å². The van der Waals surface area contributed by atoms with E-state index in [0.717, 1.165) is 59.4 Å². The van der Waals surface area contributed by atoms with Crippen LogP contribution in [0.3, 0.4) is 0 Å². The monoisotopic (exact) mass is 381 g/mol. The SMILES string of the molecule is O=C([C@H]1Cc2cc(Cl)cc(-c3ccnc4[nH]ccc34)c2O1)N1CCCCC1. The van der Waals surface area contributed by atoms with Crippen LogP contribution in [0, 0.1) is 0 Å². The predicted octanol–water partition coefficient (Wildman–Crippen LogP) is 4.20. The first kappa shape index (κ1) is 16.6. The van der Waals surface area contributed by atoms with Crippen molar-refractivity contribution in [3.05, 3.63) is 47.2 Å². The Morgan fingerprint density at radius 2 is 2.04 bits per heavy atom. The van der Waals surface area contributed by atoms with E-state index < -0.39 is 6.10 Å². The van der Waals surface area contributed by atoms with Gasteiger partial charge < -0.3 is 14.6 Å². The summed E-state index contributed by atoms with van der Waals surface area (Å²) in [7, 11) is 0. The molecule has 5 nitrogen and oxygen atoms in total. The molecule has 2 aliphatic rings. The van der Waals surface area contributed by atoms with Crippen LogP contribution >= 0.6 is 11.6 Å². The van der Waals surface area contributed by atoms with E-state index in [1.54, 1.807) is 6.20 Å². The molecular weight excluding hydrogens is 362 g/mol. The Kier molecular flexibility index (Phi) is 4.05. The zero-order valence-corrected chi connectivity index (χ0v) is 15.6. The Morgan fingerprint density at radius 1 is 1.19 bits per heavy atom. The maximum atomic E-state index is 12.9. The first-order valence-corrected chi connectivity index (χ1v) is 9.79. The summed E-state index contributed by atoms with van der Waals surface area (Å²) in [5, 5.41) is 1.66. The van der Waals surface area contributed by atoms with Gasteiger partial charge in [0.15, 0.2) is 6.10 Å². The lowest BCUT2D eigenvalue weighted by atomic mass is 9.99. The van der Waals surface area contributed by atoms with Gasteiger partial charge >= 0.3 is 0 Å². The largest absolute Gasteiger partial charge is 0.479 e. The van der Waals surface area contributed by atoms with Crippen molar-refractivity contribution in [2.45, 2.75) is 31.8 Å². The van der Waals surface area contributed by atoms with Gasteiger partial charge in [0.05, 0.1) is 0 Å². The number of likely N-dealkylation sites (tertiary alicyclic amines) is 1. The molecule has 0 unspecified atom stereocenters. The molecular formula is C21H20ClN3O2. The van der Waals surface area contributed by atoms with Crippen molar-refractivity contribution in [2.24, 2.45) is 0 Å². The zero-order valence-electron chi connectivity index (χ0n) is 14.9. The lowest BCUT2D eigenvalue weighted by molar-refractivity contribution is -0.138. The number of nitrogens with one attached hydrogen (secondary N) is 1. The summed E-state index contributed by atoms with van der Waals surface area (Å²) < 4.78 is 6.21. The minimum Gasteiger partial charge on any atom is -0.479 e. The Bertz CT molecular complexity index is 1020. The van der Waals surface area contributed by atoms with E-state index in [0.29, 0.717) is 11.4 Å². The number of carbonyl (C=O) groups is 1. The van der Waals surface area contributed by atoms with Crippen LogP contribution < -0.4 is 4.74 Å². The summed E-state index contributed by atoms with van der Waals surface area (Å²) in [4.78, 5) is 22.4. The van der Waals surface area contributed by atoms with E-state index in [9.17, 15) is 4.79 Å². The highest BCUT2D eigenvalue weighted by atomic mass is 35.5. The molecule has 2 aromatic heterocycles. The number of halogens is 1. The second-order valence-corrected chi connectivity index (χ2v) is 7.67. The molecule has 0 aliphatic carbocycles. The van der Waals surface area contributed by atoms with E-state index in [1.165, 1.54) is 6.42 Å². The van der Waals surface area contributed by atoms with Gasteiger partial charge in [0.2, 0.25) is 0 Å². The average Bonchev–Trinajstić information content (AvgIpc) is 3.34. The van der Waals surface area contributed by atoms with E-state index in [4.69, 9.17) is 16.3 Å². The number of amides is 1. The standard InChI is InChI=1S/C21H20ClN3O2/c22-14-10-13-11-18(21(26)25-8-2-1-3-9-25)27-19(13)17(12-14)15-4-6-23-20-16(15)5-7-24-20/h4-7,10,12,18H,1-3,8-9,11H2,(H,23,24)/t18-/m1/s1. The molecule has 2 aliphatic heterocycles. The van der Waals surface area contributed by atoms with Crippen LogP contribution in [0.2, 0.25) is 5.02 Å². The number of benzene rings is 1. The fraction of sp³-hybridized carbons (Fsp3) is 0.333. The minimum atomic E-state index is -0.459. The molecule has 1 atom stereocenters. The molecule has 138 valence electrons. The van der Waals surface area contributed by atoms with Gasteiger partial charge in [-0.1, -0.05) is 11.6 Å². The summed E-state index contributed by atoms with van der Waals surface area (Å²) >= 11 is 6.41. The minimum absolute atomic E-state index is 0.0921. The highest BCUT2D eigenvalue weighted by molar-refractivity contribution is 6.31. The van der Waals surface area contributed by atoms with Crippen molar-refractivity contribution in [3.63, 3.8) is 0 Å². The third kappa shape index (κ3) is 2.86. The zero-order chi connectivity index (χ0) is 18.4. The number of nitrogens with zero attached hydrogens (tertiary/aromatic N) is 2. The lowest BCUT2D eigenvalue weighted by Crippen LogP contribution is -2.43. The predicted molar refractivity (Wildman–Crippen MR) is 105 cm³/mol. The molecule has 1 aromatic carbocycles. The van der Waals surface area contributed by atoms with E-state index in [2.05, 4.69) is 9.97 Å². The Labute approximate surface area is 162 Å². The van der Waals surface area contributed by atoms with Gasteiger partial charge in [0.25, 0.3) is 5.91 Å². The number of rotatable bonds is 2. The summed E-state index contributed by atoms with van der Waals surface area (Å²) in [6, 6.07) is 7.79. The van der Waals surface area contributed by atoms with E-state index in [1.807, 2.05) is 35.4 Å². The van der Waals surface area contributed by atoms with Gasteiger partial charge in [-0.05, 0) is 49.1 Å². The number of carbonyl (C=O) groups excluding carboxylic acids is 1. The fourth-order valence-electron chi connectivity index (χ4n) is 4.18. The van der Waals surface area contributed by atoms with Gasteiger partial charge in [-0.3, -0.25) is 4.79 Å². The Morgan fingerprint density at radius 3 is 2.89 bits per heavy atom. The molecule has 6 heteroatoms. The van der Waals surface area contributed by atoms with Crippen LogP contribution in [0.1, 0.15) is 24.8 Å². The molecule has 1 fully saturated rings.